The van der Waals surface area contributed by atoms with Crippen molar-refractivity contribution in [1.29, 1.82) is 0 Å². The highest BCUT2D eigenvalue weighted by molar-refractivity contribution is 7.99. The van der Waals surface area contributed by atoms with Gasteiger partial charge < -0.3 is 14.8 Å². The van der Waals surface area contributed by atoms with Crippen molar-refractivity contribution in [3.8, 4) is 0 Å². The quantitative estimate of drug-likeness (QED) is 0.642. The van der Waals surface area contributed by atoms with Gasteiger partial charge in [-0.2, -0.15) is 11.8 Å². The van der Waals surface area contributed by atoms with Crippen LogP contribution >= 0.6 is 11.8 Å². The highest BCUT2D eigenvalue weighted by Crippen LogP contribution is 2.21. The number of nitrogens with one attached hydrogen (secondary N) is 1. The van der Waals surface area contributed by atoms with Gasteiger partial charge in [0.2, 0.25) is 0 Å². The third-order valence-corrected chi connectivity index (χ3v) is 3.68. The minimum atomic E-state index is 0.694. The lowest BCUT2D eigenvalue weighted by Crippen LogP contribution is -2.28. The van der Waals surface area contributed by atoms with Gasteiger partial charge in [-0.15, -0.1) is 0 Å². The molecule has 0 amide bonds. The van der Waals surface area contributed by atoms with Crippen LogP contribution in [0.25, 0.3) is 0 Å². The van der Waals surface area contributed by atoms with E-state index < -0.39 is 0 Å². The monoisotopic (exact) mass is 233 g/mol. The van der Waals surface area contributed by atoms with Crippen LogP contribution in [0.3, 0.4) is 0 Å². The first-order valence-corrected chi connectivity index (χ1v) is 6.94. The molecule has 1 aliphatic heterocycles. The number of hydrogen-bond acceptors (Lipinski definition) is 4. The van der Waals surface area contributed by atoms with Crippen molar-refractivity contribution in [3.05, 3.63) is 0 Å². The molecule has 0 aromatic carbocycles. The summed E-state index contributed by atoms with van der Waals surface area (Å²) < 4.78 is 10.3. The van der Waals surface area contributed by atoms with Gasteiger partial charge in [-0.05, 0) is 36.8 Å². The van der Waals surface area contributed by atoms with E-state index in [1.807, 2.05) is 0 Å². The number of hydrogen-bond donors (Lipinski definition) is 1. The average molecular weight is 233 g/mol. The van der Waals surface area contributed by atoms with Crippen LogP contribution in [0, 0.1) is 5.92 Å². The molecule has 1 saturated heterocycles. The molecule has 0 spiro atoms. The Kier molecular flexibility index (Phi) is 8.38. The molecule has 1 N–H and O–H groups in total. The van der Waals surface area contributed by atoms with Crippen LogP contribution in [-0.4, -0.2) is 51.5 Å². The Morgan fingerprint density at radius 2 is 2.00 bits per heavy atom. The Labute approximate surface area is 97.3 Å². The van der Waals surface area contributed by atoms with Gasteiger partial charge in [-0.1, -0.05) is 0 Å². The summed E-state index contributed by atoms with van der Waals surface area (Å²) in [5, 5.41) is 3.46. The Bertz CT molecular complexity index is 141. The van der Waals surface area contributed by atoms with Crippen molar-refractivity contribution in [2.24, 2.45) is 5.92 Å². The minimum Gasteiger partial charge on any atom is -0.382 e. The van der Waals surface area contributed by atoms with Crippen LogP contribution < -0.4 is 5.32 Å². The predicted molar refractivity (Wildman–Crippen MR) is 65.6 cm³/mol. The molecule has 0 radical (unpaired) electrons. The minimum absolute atomic E-state index is 0.694. The van der Waals surface area contributed by atoms with Gasteiger partial charge in [0.1, 0.15) is 0 Å². The van der Waals surface area contributed by atoms with E-state index in [0.29, 0.717) is 13.2 Å². The summed E-state index contributed by atoms with van der Waals surface area (Å²) in [4.78, 5) is 0. The van der Waals surface area contributed by atoms with Crippen molar-refractivity contribution in [1.82, 2.24) is 5.32 Å². The Morgan fingerprint density at radius 1 is 1.20 bits per heavy atom. The normalized spacial score (nSPS) is 18.2. The summed E-state index contributed by atoms with van der Waals surface area (Å²) >= 11 is 2.09. The summed E-state index contributed by atoms with van der Waals surface area (Å²) in [6.07, 6.45) is 2.75. The topological polar surface area (TPSA) is 30.5 Å². The van der Waals surface area contributed by atoms with Gasteiger partial charge in [0.15, 0.2) is 0 Å². The lowest BCUT2D eigenvalue weighted by Gasteiger charge is -2.21. The smallest absolute Gasteiger partial charge is 0.0700 e. The van der Waals surface area contributed by atoms with Crippen molar-refractivity contribution in [2.45, 2.75) is 12.8 Å². The van der Waals surface area contributed by atoms with Crippen LogP contribution in [0.15, 0.2) is 0 Å². The third-order valence-electron chi connectivity index (χ3n) is 2.63. The molecule has 90 valence electrons. The second-order valence-corrected chi connectivity index (χ2v) is 5.09. The van der Waals surface area contributed by atoms with E-state index in [-0.39, 0.29) is 0 Å². The molecule has 0 aromatic rings. The molecule has 1 aliphatic rings. The van der Waals surface area contributed by atoms with Crippen LogP contribution in [0.2, 0.25) is 0 Å². The molecule has 1 heterocycles. The zero-order valence-corrected chi connectivity index (χ0v) is 10.5. The van der Waals surface area contributed by atoms with Gasteiger partial charge in [0.05, 0.1) is 19.8 Å². The SMILES string of the molecule is COCCOCCNCC1CCSCC1. The van der Waals surface area contributed by atoms with Gasteiger partial charge in [0, 0.05) is 13.7 Å². The summed E-state index contributed by atoms with van der Waals surface area (Å²) in [5.74, 6) is 3.58. The molecule has 15 heavy (non-hydrogen) atoms. The number of thioether (sulfide) groups is 1. The maximum Gasteiger partial charge on any atom is 0.0700 e. The molecular weight excluding hydrogens is 210 g/mol. The molecule has 1 rings (SSSR count). The predicted octanol–water partition coefficient (Wildman–Crippen LogP) is 1.38. The fraction of sp³-hybridized carbons (Fsp3) is 1.00. The lowest BCUT2D eigenvalue weighted by molar-refractivity contribution is 0.0716. The molecule has 0 aromatic heterocycles. The largest absolute Gasteiger partial charge is 0.382 e. The molecule has 0 unspecified atom stereocenters. The van der Waals surface area contributed by atoms with E-state index in [9.17, 15) is 0 Å². The Morgan fingerprint density at radius 3 is 2.73 bits per heavy atom. The second-order valence-electron chi connectivity index (χ2n) is 3.87. The van der Waals surface area contributed by atoms with E-state index >= 15 is 0 Å². The summed E-state index contributed by atoms with van der Waals surface area (Å²) in [6, 6.07) is 0. The van der Waals surface area contributed by atoms with E-state index in [2.05, 4.69) is 17.1 Å². The fourth-order valence-corrected chi connectivity index (χ4v) is 2.85. The van der Waals surface area contributed by atoms with E-state index in [0.717, 1.165) is 25.6 Å². The van der Waals surface area contributed by atoms with E-state index in [1.165, 1.54) is 24.3 Å². The first-order chi connectivity index (χ1) is 7.43. The highest BCUT2D eigenvalue weighted by atomic mass is 32.2. The molecular formula is C11H23NO2S. The zero-order chi connectivity index (χ0) is 10.8. The van der Waals surface area contributed by atoms with Gasteiger partial charge in [-0.3, -0.25) is 0 Å². The highest BCUT2D eigenvalue weighted by Gasteiger charge is 2.12. The summed E-state index contributed by atoms with van der Waals surface area (Å²) in [6.45, 7) is 4.32. The third kappa shape index (κ3) is 7.17. The standard InChI is InChI=1S/C11H23NO2S/c1-13-6-7-14-5-4-12-10-11-2-8-15-9-3-11/h11-12H,2-10H2,1H3. The Hall–Kier alpha value is 0.230. The number of ether oxygens (including phenoxy) is 2. The van der Waals surface area contributed by atoms with Crippen LogP contribution in [0.4, 0.5) is 0 Å². The van der Waals surface area contributed by atoms with Crippen molar-refractivity contribution in [2.75, 3.05) is 51.5 Å². The molecule has 1 fully saturated rings. The van der Waals surface area contributed by atoms with Crippen molar-refractivity contribution >= 4 is 11.8 Å². The molecule has 0 saturated carbocycles. The number of methoxy groups -OCH3 is 1. The fourth-order valence-electron chi connectivity index (χ4n) is 1.65. The summed E-state index contributed by atoms with van der Waals surface area (Å²) in [7, 11) is 1.70. The van der Waals surface area contributed by atoms with Crippen molar-refractivity contribution in [3.63, 3.8) is 0 Å². The lowest BCUT2D eigenvalue weighted by atomic mass is 10.0. The molecule has 0 bridgehead atoms. The van der Waals surface area contributed by atoms with E-state index in [4.69, 9.17) is 9.47 Å². The van der Waals surface area contributed by atoms with Gasteiger partial charge >= 0.3 is 0 Å². The maximum atomic E-state index is 5.37. The molecule has 3 nitrogen and oxygen atoms in total. The average Bonchev–Trinajstić information content (AvgIpc) is 2.29. The van der Waals surface area contributed by atoms with Crippen LogP contribution in [-0.2, 0) is 9.47 Å². The van der Waals surface area contributed by atoms with Gasteiger partial charge in [-0.25, -0.2) is 0 Å². The van der Waals surface area contributed by atoms with Crippen LogP contribution in [0.5, 0.6) is 0 Å². The number of rotatable bonds is 8. The zero-order valence-electron chi connectivity index (χ0n) is 9.67. The first-order valence-electron chi connectivity index (χ1n) is 5.78. The van der Waals surface area contributed by atoms with Gasteiger partial charge in [0.25, 0.3) is 0 Å². The first kappa shape index (κ1) is 13.3. The molecule has 4 heteroatoms. The summed E-state index contributed by atoms with van der Waals surface area (Å²) in [5.41, 5.74) is 0. The molecule has 0 aliphatic carbocycles. The molecule has 0 atom stereocenters. The van der Waals surface area contributed by atoms with Crippen molar-refractivity contribution < 1.29 is 9.47 Å². The second kappa shape index (κ2) is 9.46. The van der Waals surface area contributed by atoms with Crippen LogP contribution in [0.1, 0.15) is 12.8 Å². The Balaban J connectivity index is 1.79. The maximum absolute atomic E-state index is 5.37. The van der Waals surface area contributed by atoms with E-state index in [1.54, 1.807) is 7.11 Å².